The molecule has 0 unspecified atom stereocenters. The summed E-state index contributed by atoms with van der Waals surface area (Å²) in [5.41, 5.74) is 3.95. The van der Waals surface area contributed by atoms with Crippen LogP contribution in [-0.4, -0.2) is 77.2 Å². The SMILES string of the molecule is CN1CCN(c2cc(C(=O)N3CCC[C@H](c4[nH]ncc4-c4ccc(Cl)cc4)C3)ccn2)CC1. The zero-order valence-electron chi connectivity index (χ0n) is 18.9. The van der Waals surface area contributed by atoms with Crippen molar-refractivity contribution in [3.63, 3.8) is 0 Å². The summed E-state index contributed by atoms with van der Waals surface area (Å²) in [7, 11) is 2.13. The Labute approximate surface area is 199 Å². The van der Waals surface area contributed by atoms with Gasteiger partial charge < -0.3 is 14.7 Å². The van der Waals surface area contributed by atoms with Gasteiger partial charge in [-0.15, -0.1) is 0 Å². The van der Waals surface area contributed by atoms with Crippen molar-refractivity contribution in [1.29, 1.82) is 0 Å². The Morgan fingerprint density at radius 2 is 1.88 bits per heavy atom. The smallest absolute Gasteiger partial charge is 0.254 e. The van der Waals surface area contributed by atoms with Crippen LogP contribution in [0, 0.1) is 0 Å². The number of carbonyl (C=O) groups excluding carboxylic acids is 1. The van der Waals surface area contributed by atoms with Gasteiger partial charge in [0.1, 0.15) is 5.82 Å². The summed E-state index contributed by atoms with van der Waals surface area (Å²) in [5, 5.41) is 8.23. The predicted molar refractivity (Wildman–Crippen MR) is 131 cm³/mol. The van der Waals surface area contributed by atoms with Crippen LogP contribution in [0.4, 0.5) is 5.82 Å². The number of benzene rings is 1. The number of anilines is 1. The topological polar surface area (TPSA) is 68.4 Å². The number of halogens is 1. The van der Waals surface area contributed by atoms with Crippen LogP contribution < -0.4 is 4.90 Å². The third-order valence-corrected chi connectivity index (χ3v) is 7.01. The lowest BCUT2D eigenvalue weighted by atomic mass is 9.90. The van der Waals surface area contributed by atoms with E-state index in [-0.39, 0.29) is 11.8 Å². The molecule has 1 N–H and O–H groups in total. The quantitative estimate of drug-likeness (QED) is 0.634. The minimum atomic E-state index is 0.0741. The molecule has 7 nitrogen and oxygen atoms in total. The van der Waals surface area contributed by atoms with Gasteiger partial charge in [0.2, 0.25) is 0 Å². The van der Waals surface area contributed by atoms with E-state index in [0.29, 0.717) is 17.1 Å². The number of hydrogen-bond donors (Lipinski definition) is 1. The maximum absolute atomic E-state index is 13.4. The van der Waals surface area contributed by atoms with Crippen LogP contribution in [0.25, 0.3) is 11.1 Å². The highest BCUT2D eigenvalue weighted by atomic mass is 35.5. The largest absolute Gasteiger partial charge is 0.354 e. The third kappa shape index (κ3) is 4.75. The number of likely N-dealkylation sites (tertiary alicyclic amines) is 1. The fourth-order valence-electron chi connectivity index (χ4n) is 4.81. The van der Waals surface area contributed by atoms with E-state index in [2.05, 4.69) is 32.0 Å². The molecule has 1 atom stereocenters. The van der Waals surface area contributed by atoms with Crippen molar-refractivity contribution in [2.75, 3.05) is 51.2 Å². The standard InChI is InChI=1S/C25H29ClN6O/c1-30-11-13-31(14-12-30)23-15-19(8-9-27-23)25(33)32-10-2-3-20(17-32)24-22(16-28-29-24)18-4-6-21(26)7-5-18/h4-9,15-16,20H,2-3,10-14,17H2,1H3,(H,28,29)/t20-/m0/s1. The molecule has 0 saturated carbocycles. The molecule has 0 spiro atoms. The minimum Gasteiger partial charge on any atom is -0.354 e. The first-order chi connectivity index (χ1) is 16.1. The molecule has 172 valence electrons. The van der Waals surface area contributed by atoms with Crippen LogP contribution in [0.2, 0.25) is 5.02 Å². The number of likely N-dealkylation sites (N-methyl/N-ethyl adjacent to an activating group) is 1. The fourth-order valence-corrected chi connectivity index (χ4v) is 4.93. The molecule has 33 heavy (non-hydrogen) atoms. The third-order valence-electron chi connectivity index (χ3n) is 6.76. The Kier molecular flexibility index (Phi) is 6.33. The number of carbonyl (C=O) groups is 1. The van der Waals surface area contributed by atoms with Gasteiger partial charge in [0, 0.05) is 73.2 Å². The second-order valence-electron chi connectivity index (χ2n) is 8.99. The first-order valence-corrected chi connectivity index (χ1v) is 11.9. The molecule has 8 heteroatoms. The highest BCUT2D eigenvalue weighted by Gasteiger charge is 2.29. The molecule has 0 radical (unpaired) electrons. The summed E-state index contributed by atoms with van der Waals surface area (Å²) in [6.45, 7) is 5.32. The molecular weight excluding hydrogens is 436 g/mol. The summed E-state index contributed by atoms with van der Waals surface area (Å²) in [6.07, 6.45) is 5.61. The van der Waals surface area contributed by atoms with E-state index in [1.54, 1.807) is 6.20 Å². The summed E-state index contributed by atoms with van der Waals surface area (Å²) in [4.78, 5) is 24.5. The molecule has 1 amide bonds. The van der Waals surface area contributed by atoms with E-state index in [0.717, 1.165) is 68.2 Å². The number of nitrogens with zero attached hydrogens (tertiary/aromatic N) is 5. The van der Waals surface area contributed by atoms with Crippen LogP contribution in [0.15, 0.2) is 48.8 Å². The van der Waals surface area contributed by atoms with Crippen LogP contribution >= 0.6 is 11.6 Å². The van der Waals surface area contributed by atoms with E-state index >= 15 is 0 Å². The first-order valence-electron chi connectivity index (χ1n) is 11.6. The maximum atomic E-state index is 13.4. The summed E-state index contributed by atoms with van der Waals surface area (Å²) in [6, 6.07) is 11.6. The normalized spacial score (nSPS) is 19.6. The van der Waals surface area contributed by atoms with Crippen molar-refractivity contribution in [3.05, 3.63) is 65.1 Å². The number of pyridine rings is 1. The average Bonchev–Trinajstić information content (AvgIpc) is 3.35. The van der Waals surface area contributed by atoms with Crippen molar-refractivity contribution in [3.8, 4) is 11.1 Å². The maximum Gasteiger partial charge on any atom is 0.254 e. The van der Waals surface area contributed by atoms with E-state index in [9.17, 15) is 4.79 Å². The van der Waals surface area contributed by atoms with Crippen LogP contribution in [0.5, 0.6) is 0 Å². The van der Waals surface area contributed by atoms with Gasteiger partial charge in [-0.25, -0.2) is 4.98 Å². The molecule has 5 rings (SSSR count). The van der Waals surface area contributed by atoms with Gasteiger partial charge in [-0.2, -0.15) is 5.10 Å². The van der Waals surface area contributed by atoms with Gasteiger partial charge in [-0.1, -0.05) is 23.7 Å². The number of hydrogen-bond acceptors (Lipinski definition) is 5. The number of amides is 1. The Morgan fingerprint density at radius 1 is 1.09 bits per heavy atom. The van der Waals surface area contributed by atoms with Crippen molar-refractivity contribution >= 4 is 23.3 Å². The van der Waals surface area contributed by atoms with Gasteiger partial charge >= 0.3 is 0 Å². The van der Waals surface area contributed by atoms with Crippen LogP contribution in [0.3, 0.4) is 0 Å². The summed E-state index contributed by atoms with van der Waals surface area (Å²) in [5.74, 6) is 1.18. The summed E-state index contributed by atoms with van der Waals surface area (Å²) < 4.78 is 0. The lowest BCUT2D eigenvalue weighted by Gasteiger charge is -2.34. The zero-order valence-corrected chi connectivity index (χ0v) is 19.6. The molecule has 4 heterocycles. The second kappa shape index (κ2) is 9.53. The van der Waals surface area contributed by atoms with Gasteiger partial charge in [0.25, 0.3) is 5.91 Å². The lowest BCUT2D eigenvalue weighted by Crippen LogP contribution is -2.45. The second-order valence-corrected chi connectivity index (χ2v) is 9.42. The highest BCUT2D eigenvalue weighted by molar-refractivity contribution is 6.30. The predicted octanol–water partition coefficient (Wildman–Crippen LogP) is 3.90. The monoisotopic (exact) mass is 464 g/mol. The van der Waals surface area contributed by atoms with Crippen molar-refractivity contribution in [1.82, 2.24) is 25.0 Å². The number of aromatic nitrogens is 3. The zero-order chi connectivity index (χ0) is 22.8. The Morgan fingerprint density at radius 3 is 2.67 bits per heavy atom. The molecule has 0 aliphatic carbocycles. The Hall–Kier alpha value is -2.90. The van der Waals surface area contributed by atoms with Gasteiger partial charge in [0.05, 0.1) is 6.20 Å². The molecule has 2 aromatic heterocycles. The summed E-state index contributed by atoms with van der Waals surface area (Å²) >= 11 is 6.06. The number of H-pyrrole nitrogens is 1. The van der Waals surface area contributed by atoms with Crippen LogP contribution in [-0.2, 0) is 0 Å². The van der Waals surface area contributed by atoms with Gasteiger partial charge in [-0.3, -0.25) is 9.89 Å². The molecule has 2 aliphatic rings. The van der Waals surface area contributed by atoms with Gasteiger partial charge in [-0.05, 0) is 49.7 Å². The number of rotatable bonds is 4. The van der Waals surface area contributed by atoms with Gasteiger partial charge in [0.15, 0.2) is 0 Å². The Bertz CT molecular complexity index is 1110. The Balaban J connectivity index is 1.32. The number of piperidine rings is 1. The van der Waals surface area contributed by atoms with Crippen LogP contribution in [0.1, 0.15) is 34.8 Å². The van der Waals surface area contributed by atoms with Crippen molar-refractivity contribution in [2.45, 2.75) is 18.8 Å². The fraction of sp³-hybridized carbons (Fsp3) is 0.400. The molecule has 0 bridgehead atoms. The van der Waals surface area contributed by atoms with E-state index in [4.69, 9.17) is 11.6 Å². The minimum absolute atomic E-state index is 0.0741. The van der Waals surface area contributed by atoms with E-state index in [1.165, 1.54) is 0 Å². The van der Waals surface area contributed by atoms with E-state index < -0.39 is 0 Å². The number of aromatic amines is 1. The highest BCUT2D eigenvalue weighted by Crippen LogP contribution is 2.34. The lowest BCUT2D eigenvalue weighted by molar-refractivity contribution is 0.0706. The first kappa shape index (κ1) is 21.9. The molecular formula is C25H29ClN6O. The van der Waals surface area contributed by atoms with E-state index in [1.807, 2.05) is 47.5 Å². The number of nitrogens with one attached hydrogen (secondary N) is 1. The van der Waals surface area contributed by atoms with Crippen molar-refractivity contribution < 1.29 is 4.79 Å². The molecule has 2 fully saturated rings. The van der Waals surface area contributed by atoms with Crippen molar-refractivity contribution in [2.24, 2.45) is 0 Å². The molecule has 2 aliphatic heterocycles. The number of piperazine rings is 1. The molecule has 3 aromatic rings. The molecule has 2 saturated heterocycles. The average molecular weight is 465 g/mol. The molecule has 1 aromatic carbocycles.